The molecule has 0 bridgehead atoms. The molecule has 0 radical (unpaired) electrons. The Morgan fingerprint density at radius 1 is 1.13 bits per heavy atom. The van der Waals surface area contributed by atoms with Crippen LogP contribution < -0.4 is 5.32 Å². The lowest BCUT2D eigenvalue weighted by molar-refractivity contribution is -0.121. The fourth-order valence-electron chi connectivity index (χ4n) is 4.01. The molecule has 164 valence electrons. The van der Waals surface area contributed by atoms with Gasteiger partial charge in [-0.25, -0.2) is 9.78 Å². The molecule has 1 aromatic carbocycles. The number of para-hydroxylation sites is 2. The van der Waals surface area contributed by atoms with Gasteiger partial charge in [-0.2, -0.15) is 0 Å². The van der Waals surface area contributed by atoms with Gasteiger partial charge in [-0.05, 0) is 38.1 Å². The smallest absolute Gasteiger partial charge is 0.319 e. The summed E-state index contributed by atoms with van der Waals surface area (Å²) in [4.78, 5) is 35.5. The maximum atomic E-state index is 13.0. The van der Waals surface area contributed by atoms with E-state index in [1.165, 1.54) is 0 Å². The first-order valence-electron chi connectivity index (χ1n) is 10.9. The maximum Gasteiger partial charge on any atom is 0.319 e. The Hall–Kier alpha value is -2.61. The van der Waals surface area contributed by atoms with Crippen LogP contribution in [-0.2, 0) is 11.3 Å². The zero-order chi connectivity index (χ0) is 21.7. The summed E-state index contributed by atoms with van der Waals surface area (Å²) in [6, 6.07) is 8.00. The molecular weight excluding hydrogens is 380 g/mol. The molecule has 8 heteroatoms. The first-order valence-corrected chi connectivity index (χ1v) is 10.9. The molecule has 8 nitrogen and oxygen atoms in total. The molecule has 0 saturated carbocycles. The van der Waals surface area contributed by atoms with E-state index in [0.29, 0.717) is 31.9 Å². The Bertz CT molecular complexity index is 866. The van der Waals surface area contributed by atoms with Crippen molar-refractivity contribution >= 4 is 28.9 Å². The van der Waals surface area contributed by atoms with Gasteiger partial charge in [0, 0.05) is 46.2 Å². The highest BCUT2D eigenvalue weighted by molar-refractivity contribution is 5.93. The minimum absolute atomic E-state index is 0.00653. The second-order valence-electron chi connectivity index (χ2n) is 8.03. The van der Waals surface area contributed by atoms with Crippen LogP contribution in [0.25, 0.3) is 11.0 Å². The Morgan fingerprint density at radius 3 is 2.43 bits per heavy atom. The Balaban J connectivity index is 1.70. The fourth-order valence-corrected chi connectivity index (χ4v) is 4.01. The number of anilines is 1. The van der Waals surface area contributed by atoms with Crippen molar-refractivity contribution in [3.05, 3.63) is 24.3 Å². The van der Waals surface area contributed by atoms with Crippen molar-refractivity contribution in [2.45, 2.75) is 33.2 Å². The molecule has 1 fully saturated rings. The van der Waals surface area contributed by atoms with Crippen LogP contribution in [0.5, 0.6) is 0 Å². The van der Waals surface area contributed by atoms with Gasteiger partial charge < -0.3 is 19.3 Å². The van der Waals surface area contributed by atoms with Crippen molar-refractivity contribution in [2.75, 3.05) is 52.1 Å². The number of benzene rings is 1. The topological polar surface area (TPSA) is 73.7 Å². The van der Waals surface area contributed by atoms with E-state index in [1.807, 2.05) is 29.2 Å². The SMILES string of the molecule is CCN(CC)CCn1c(NC(=O)C2CCN(C(=O)N(C)C)CC2)nc2ccccc21. The number of hydrogen-bond acceptors (Lipinski definition) is 4. The molecule has 1 saturated heterocycles. The van der Waals surface area contributed by atoms with Crippen LogP contribution in [0.3, 0.4) is 0 Å². The van der Waals surface area contributed by atoms with Gasteiger partial charge in [0.1, 0.15) is 0 Å². The number of hydrogen-bond donors (Lipinski definition) is 1. The standard InChI is InChI=1S/C22H34N6O2/c1-5-26(6-2)15-16-28-19-10-8-7-9-18(19)23-21(28)24-20(29)17-11-13-27(14-12-17)22(30)25(3)4/h7-10,17H,5-6,11-16H2,1-4H3,(H,23,24,29). The lowest BCUT2D eigenvalue weighted by Gasteiger charge is -2.33. The van der Waals surface area contributed by atoms with E-state index >= 15 is 0 Å². The van der Waals surface area contributed by atoms with E-state index < -0.39 is 0 Å². The molecule has 3 rings (SSSR count). The van der Waals surface area contributed by atoms with Crippen molar-refractivity contribution in [1.29, 1.82) is 0 Å². The summed E-state index contributed by atoms with van der Waals surface area (Å²) in [6.45, 7) is 9.19. The molecule has 0 spiro atoms. The first kappa shape index (κ1) is 22.1. The van der Waals surface area contributed by atoms with Crippen molar-refractivity contribution in [2.24, 2.45) is 5.92 Å². The molecule has 1 N–H and O–H groups in total. The highest BCUT2D eigenvalue weighted by Crippen LogP contribution is 2.23. The van der Waals surface area contributed by atoms with Crippen LogP contribution in [0.15, 0.2) is 24.3 Å². The summed E-state index contributed by atoms with van der Waals surface area (Å²) in [5.41, 5.74) is 1.92. The zero-order valence-corrected chi connectivity index (χ0v) is 18.6. The summed E-state index contributed by atoms with van der Waals surface area (Å²) in [5.74, 6) is 0.499. The largest absolute Gasteiger partial charge is 0.331 e. The van der Waals surface area contributed by atoms with Gasteiger partial charge in [-0.15, -0.1) is 0 Å². The molecule has 1 aromatic heterocycles. The minimum atomic E-state index is -0.104. The van der Waals surface area contributed by atoms with Gasteiger partial charge in [0.2, 0.25) is 11.9 Å². The van der Waals surface area contributed by atoms with Gasteiger partial charge in [0.15, 0.2) is 0 Å². The van der Waals surface area contributed by atoms with E-state index in [-0.39, 0.29) is 17.9 Å². The average molecular weight is 415 g/mol. The number of urea groups is 1. The number of likely N-dealkylation sites (N-methyl/N-ethyl adjacent to an activating group) is 1. The normalized spacial score (nSPS) is 15.0. The van der Waals surface area contributed by atoms with E-state index in [2.05, 4.69) is 33.6 Å². The number of carbonyl (C=O) groups is 2. The van der Waals surface area contributed by atoms with Crippen molar-refractivity contribution < 1.29 is 9.59 Å². The lowest BCUT2D eigenvalue weighted by Crippen LogP contribution is -2.45. The van der Waals surface area contributed by atoms with E-state index in [9.17, 15) is 9.59 Å². The van der Waals surface area contributed by atoms with Crippen molar-refractivity contribution in [3.63, 3.8) is 0 Å². The number of likely N-dealkylation sites (tertiary alicyclic amines) is 1. The Labute approximate surface area is 178 Å². The van der Waals surface area contributed by atoms with Crippen LogP contribution in [0.1, 0.15) is 26.7 Å². The van der Waals surface area contributed by atoms with Crippen LogP contribution in [-0.4, -0.2) is 83.0 Å². The predicted molar refractivity (Wildman–Crippen MR) is 120 cm³/mol. The quantitative estimate of drug-likeness (QED) is 0.756. The third-order valence-corrected chi connectivity index (χ3v) is 5.94. The number of aromatic nitrogens is 2. The molecular formula is C22H34N6O2. The number of piperidine rings is 1. The third-order valence-electron chi connectivity index (χ3n) is 5.94. The summed E-state index contributed by atoms with van der Waals surface area (Å²) < 4.78 is 2.11. The predicted octanol–water partition coefficient (Wildman–Crippen LogP) is 2.71. The molecule has 0 atom stereocenters. The van der Waals surface area contributed by atoms with Crippen molar-refractivity contribution in [3.8, 4) is 0 Å². The summed E-state index contributed by atoms with van der Waals surface area (Å²) in [7, 11) is 3.51. The number of nitrogens with zero attached hydrogens (tertiary/aromatic N) is 5. The molecule has 1 aliphatic heterocycles. The number of fused-ring (bicyclic) bond motifs is 1. The summed E-state index contributed by atoms with van der Waals surface area (Å²) in [5, 5.41) is 3.08. The molecule has 30 heavy (non-hydrogen) atoms. The van der Waals surface area contributed by atoms with Gasteiger partial charge in [0.25, 0.3) is 0 Å². The van der Waals surface area contributed by atoms with E-state index in [4.69, 9.17) is 0 Å². The number of rotatable bonds is 7. The molecule has 0 aliphatic carbocycles. The number of amides is 3. The van der Waals surface area contributed by atoms with Crippen LogP contribution >= 0.6 is 0 Å². The van der Waals surface area contributed by atoms with Gasteiger partial charge in [-0.1, -0.05) is 26.0 Å². The number of carbonyl (C=O) groups excluding carboxylic acids is 2. The van der Waals surface area contributed by atoms with E-state index in [0.717, 1.165) is 37.2 Å². The summed E-state index contributed by atoms with van der Waals surface area (Å²) >= 11 is 0. The maximum absolute atomic E-state index is 13.0. The third kappa shape index (κ3) is 4.92. The second-order valence-corrected chi connectivity index (χ2v) is 8.03. The first-order chi connectivity index (χ1) is 14.4. The van der Waals surface area contributed by atoms with Crippen molar-refractivity contribution in [1.82, 2.24) is 24.3 Å². The molecule has 0 unspecified atom stereocenters. The molecule has 3 amide bonds. The average Bonchev–Trinajstić information content (AvgIpc) is 3.11. The minimum Gasteiger partial charge on any atom is -0.331 e. The summed E-state index contributed by atoms with van der Waals surface area (Å²) in [6.07, 6.45) is 1.34. The highest BCUT2D eigenvalue weighted by Gasteiger charge is 2.29. The van der Waals surface area contributed by atoms with Crippen LogP contribution in [0.4, 0.5) is 10.7 Å². The highest BCUT2D eigenvalue weighted by atomic mass is 16.2. The Morgan fingerprint density at radius 2 is 1.80 bits per heavy atom. The molecule has 1 aliphatic rings. The number of imidazole rings is 1. The Kier molecular flexibility index (Phi) is 7.31. The van der Waals surface area contributed by atoms with Crippen LogP contribution in [0, 0.1) is 5.92 Å². The fraction of sp³-hybridized carbons (Fsp3) is 0.591. The molecule has 2 aromatic rings. The lowest BCUT2D eigenvalue weighted by atomic mass is 9.96. The zero-order valence-electron chi connectivity index (χ0n) is 18.6. The van der Waals surface area contributed by atoms with Gasteiger partial charge >= 0.3 is 6.03 Å². The second kappa shape index (κ2) is 9.93. The molecule has 2 heterocycles. The van der Waals surface area contributed by atoms with E-state index in [1.54, 1.807) is 19.0 Å². The monoisotopic (exact) mass is 414 g/mol. The van der Waals surface area contributed by atoms with Gasteiger partial charge in [-0.3, -0.25) is 10.1 Å². The number of nitrogens with one attached hydrogen (secondary N) is 1. The van der Waals surface area contributed by atoms with Crippen LogP contribution in [0.2, 0.25) is 0 Å². The van der Waals surface area contributed by atoms with Gasteiger partial charge in [0.05, 0.1) is 11.0 Å².